The molecular formula is C15H31N3O. The van der Waals surface area contributed by atoms with E-state index in [0.29, 0.717) is 17.9 Å². The van der Waals surface area contributed by atoms with Crippen molar-refractivity contribution in [3.05, 3.63) is 0 Å². The Kier molecular flexibility index (Phi) is 6.80. The van der Waals surface area contributed by atoms with Crippen LogP contribution < -0.4 is 5.32 Å². The van der Waals surface area contributed by atoms with Crippen molar-refractivity contribution in [3.63, 3.8) is 0 Å². The molecule has 19 heavy (non-hydrogen) atoms. The van der Waals surface area contributed by atoms with Crippen LogP contribution in [0.5, 0.6) is 0 Å². The fourth-order valence-corrected chi connectivity index (χ4v) is 2.52. The van der Waals surface area contributed by atoms with Crippen molar-refractivity contribution in [1.82, 2.24) is 15.1 Å². The van der Waals surface area contributed by atoms with Crippen LogP contribution in [0.4, 0.5) is 0 Å². The lowest BCUT2D eigenvalue weighted by molar-refractivity contribution is -0.137. The van der Waals surface area contributed by atoms with E-state index in [1.807, 2.05) is 0 Å². The van der Waals surface area contributed by atoms with Crippen molar-refractivity contribution >= 4 is 5.91 Å². The van der Waals surface area contributed by atoms with Gasteiger partial charge >= 0.3 is 0 Å². The number of hydrogen-bond donors (Lipinski definition) is 1. The second kappa shape index (κ2) is 7.85. The van der Waals surface area contributed by atoms with Crippen molar-refractivity contribution < 1.29 is 4.79 Å². The maximum absolute atomic E-state index is 12.6. The molecule has 0 aromatic heterocycles. The van der Waals surface area contributed by atoms with Crippen LogP contribution in [-0.4, -0.2) is 62.0 Å². The Morgan fingerprint density at radius 1 is 1.26 bits per heavy atom. The molecule has 2 atom stereocenters. The number of nitrogens with one attached hydrogen (secondary N) is 1. The monoisotopic (exact) mass is 269 g/mol. The van der Waals surface area contributed by atoms with E-state index in [1.54, 1.807) is 0 Å². The van der Waals surface area contributed by atoms with Gasteiger partial charge in [0.2, 0.25) is 5.91 Å². The van der Waals surface area contributed by atoms with Gasteiger partial charge in [-0.3, -0.25) is 4.79 Å². The van der Waals surface area contributed by atoms with Gasteiger partial charge < -0.3 is 15.1 Å². The Hall–Kier alpha value is -0.610. The summed E-state index contributed by atoms with van der Waals surface area (Å²) >= 11 is 0. The summed E-state index contributed by atoms with van der Waals surface area (Å²) in [5.74, 6) is 1.05. The molecule has 0 spiro atoms. The summed E-state index contributed by atoms with van der Waals surface area (Å²) in [6.45, 7) is 10.0. The van der Waals surface area contributed by atoms with Gasteiger partial charge in [-0.25, -0.2) is 0 Å². The van der Waals surface area contributed by atoms with Gasteiger partial charge in [0.05, 0.1) is 5.92 Å². The molecule has 0 aromatic carbocycles. The van der Waals surface area contributed by atoms with Crippen LogP contribution in [0.25, 0.3) is 0 Å². The highest BCUT2D eigenvalue weighted by Crippen LogP contribution is 2.17. The average molecular weight is 269 g/mol. The van der Waals surface area contributed by atoms with Gasteiger partial charge in [0.15, 0.2) is 0 Å². The number of amides is 1. The van der Waals surface area contributed by atoms with Crippen molar-refractivity contribution in [3.8, 4) is 0 Å². The minimum atomic E-state index is 0.178. The number of rotatable bonds is 6. The molecule has 1 fully saturated rings. The van der Waals surface area contributed by atoms with Crippen LogP contribution in [0.3, 0.4) is 0 Å². The molecule has 1 N–H and O–H groups in total. The summed E-state index contributed by atoms with van der Waals surface area (Å²) in [4.78, 5) is 16.8. The first-order valence-corrected chi connectivity index (χ1v) is 7.57. The second-order valence-electron chi connectivity index (χ2n) is 6.56. The van der Waals surface area contributed by atoms with E-state index in [0.717, 1.165) is 39.0 Å². The summed E-state index contributed by atoms with van der Waals surface area (Å²) in [6, 6.07) is 0.560. The third-order valence-corrected chi connectivity index (χ3v) is 3.72. The van der Waals surface area contributed by atoms with Gasteiger partial charge in [-0.1, -0.05) is 13.8 Å². The molecule has 1 saturated heterocycles. The summed E-state index contributed by atoms with van der Waals surface area (Å²) in [6.07, 6.45) is 2.14. The Balaban J connectivity index is 2.54. The fraction of sp³-hybridized carbons (Fsp3) is 0.933. The van der Waals surface area contributed by atoms with E-state index >= 15 is 0 Å². The summed E-state index contributed by atoms with van der Waals surface area (Å²) in [5.41, 5.74) is 0. The van der Waals surface area contributed by atoms with Crippen LogP contribution in [0.2, 0.25) is 0 Å². The molecule has 1 heterocycles. The van der Waals surface area contributed by atoms with E-state index in [4.69, 9.17) is 0 Å². The SMILES string of the molecule is CC(C)CN(CCN(C)C)C(=O)C1CCC(C)NC1. The molecule has 0 aliphatic carbocycles. The van der Waals surface area contributed by atoms with E-state index in [1.165, 1.54) is 0 Å². The van der Waals surface area contributed by atoms with Crippen molar-refractivity contribution in [1.29, 1.82) is 0 Å². The highest BCUT2D eigenvalue weighted by molar-refractivity contribution is 5.79. The van der Waals surface area contributed by atoms with Crippen LogP contribution in [-0.2, 0) is 4.79 Å². The summed E-state index contributed by atoms with van der Waals surface area (Å²) in [5, 5.41) is 3.43. The maximum Gasteiger partial charge on any atom is 0.227 e. The molecule has 4 heteroatoms. The van der Waals surface area contributed by atoms with E-state index in [9.17, 15) is 4.79 Å². The molecule has 1 aliphatic heterocycles. The van der Waals surface area contributed by atoms with Crippen molar-refractivity contribution in [2.45, 2.75) is 39.7 Å². The van der Waals surface area contributed by atoms with Gasteiger partial charge in [-0.15, -0.1) is 0 Å². The van der Waals surface area contributed by atoms with Gasteiger partial charge in [0.25, 0.3) is 0 Å². The predicted molar refractivity (Wildman–Crippen MR) is 80.2 cm³/mol. The van der Waals surface area contributed by atoms with Gasteiger partial charge in [-0.05, 0) is 39.8 Å². The van der Waals surface area contributed by atoms with Crippen molar-refractivity contribution in [2.75, 3.05) is 40.3 Å². The first-order valence-electron chi connectivity index (χ1n) is 7.57. The van der Waals surface area contributed by atoms with Crippen LogP contribution >= 0.6 is 0 Å². The first kappa shape index (κ1) is 16.4. The lowest BCUT2D eigenvalue weighted by atomic mass is 9.94. The highest BCUT2D eigenvalue weighted by atomic mass is 16.2. The van der Waals surface area contributed by atoms with Crippen LogP contribution in [0, 0.1) is 11.8 Å². The number of carbonyl (C=O) groups excluding carboxylic acids is 1. The lowest BCUT2D eigenvalue weighted by Gasteiger charge is -2.33. The number of carbonyl (C=O) groups is 1. The zero-order chi connectivity index (χ0) is 14.4. The van der Waals surface area contributed by atoms with E-state index < -0.39 is 0 Å². The zero-order valence-corrected chi connectivity index (χ0v) is 13.3. The van der Waals surface area contributed by atoms with Gasteiger partial charge in [0.1, 0.15) is 0 Å². The quantitative estimate of drug-likeness (QED) is 0.792. The third-order valence-electron chi connectivity index (χ3n) is 3.72. The number of nitrogens with zero attached hydrogens (tertiary/aromatic N) is 2. The molecule has 1 amide bonds. The van der Waals surface area contributed by atoms with Crippen LogP contribution in [0.15, 0.2) is 0 Å². The number of hydrogen-bond acceptors (Lipinski definition) is 3. The lowest BCUT2D eigenvalue weighted by Crippen LogP contribution is -2.48. The van der Waals surface area contributed by atoms with E-state index in [2.05, 4.69) is 50.0 Å². The normalized spacial score (nSPS) is 23.9. The molecule has 112 valence electrons. The van der Waals surface area contributed by atoms with Crippen molar-refractivity contribution in [2.24, 2.45) is 11.8 Å². The zero-order valence-electron chi connectivity index (χ0n) is 13.3. The summed E-state index contributed by atoms with van der Waals surface area (Å²) < 4.78 is 0. The molecule has 1 aliphatic rings. The Bertz CT molecular complexity index is 271. The minimum Gasteiger partial charge on any atom is -0.341 e. The van der Waals surface area contributed by atoms with Gasteiger partial charge in [0, 0.05) is 32.2 Å². The van der Waals surface area contributed by atoms with Crippen LogP contribution in [0.1, 0.15) is 33.6 Å². The minimum absolute atomic E-state index is 0.178. The Labute approximate surface area is 118 Å². The topological polar surface area (TPSA) is 35.6 Å². The Morgan fingerprint density at radius 3 is 2.42 bits per heavy atom. The standard InChI is InChI=1S/C15H31N3O/c1-12(2)11-18(9-8-17(4)5)15(19)14-7-6-13(3)16-10-14/h12-14,16H,6-11H2,1-5H3. The molecule has 0 aromatic rings. The largest absolute Gasteiger partial charge is 0.341 e. The number of likely N-dealkylation sites (N-methyl/N-ethyl adjacent to an activating group) is 1. The Morgan fingerprint density at radius 2 is 1.95 bits per heavy atom. The second-order valence-corrected chi connectivity index (χ2v) is 6.56. The van der Waals surface area contributed by atoms with Gasteiger partial charge in [-0.2, -0.15) is 0 Å². The molecular weight excluding hydrogens is 238 g/mol. The molecule has 0 radical (unpaired) electrons. The highest BCUT2D eigenvalue weighted by Gasteiger charge is 2.28. The van der Waals surface area contributed by atoms with E-state index in [-0.39, 0.29) is 5.92 Å². The molecule has 1 rings (SSSR count). The number of piperidine rings is 1. The molecule has 2 unspecified atom stereocenters. The molecule has 4 nitrogen and oxygen atoms in total. The maximum atomic E-state index is 12.6. The third kappa shape index (κ3) is 5.91. The predicted octanol–water partition coefficient (Wildman–Crippen LogP) is 1.42. The summed E-state index contributed by atoms with van der Waals surface area (Å²) in [7, 11) is 4.11. The molecule has 0 bridgehead atoms. The average Bonchev–Trinajstić information content (AvgIpc) is 2.34. The fourth-order valence-electron chi connectivity index (χ4n) is 2.52. The molecule has 0 saturated carbocycles. The first-order chi connectivity index (χ1) is 8.90. The smallest absolute Gasteiger partial charge is 0.227 e.